The number of aromatic hydroxyl groups is 1. The van der Waals surface area contributed by atoms with Crippen molar-refractivity contribution in [3.8, 4) is 11.8 Å². The number of hydrogen-bond acceptors (Lipinski definition) is 6. The molecule has 1 aliphatic rings. The summed E-state index contributed by atoms with van der Waals surface area (Å²) in [5.41, 5.74) is -0.522. The maximum absolute atomic E-state index is 11.9. The van der Waals surface area contributed by atoms with Crippen LogP contribution in [0.4, 0.5) is 4.79 Å². The highest BCUT2D eigenvalue weighted by molar-refractivity contribution is 9.10. The van der Waals surface area contributed by atoms with Crippen LogP contribution in [0.25, 0.3) is 0 Å². The lowest BCUT2D eigenvalue weighted by molar-refractivity contribution is 0.0274. The smallest absolute Gasteiger partial charge is 0.410 e. The lowest BCUT2D eigenvalue weighted by Crippen LogP contribution is -2.36. The molecule has 21 heavy (non-hydrogen) atoms. The van der Waals surface area contributed by atoms with Crippen molar-refractivity contribution in [2.45, 2.75) is 38.9 Å². The zero-order valence-electron chi connectivity index (χ0n) is 12.2. The average Bonchev–Trinajstić information content (AvgIpc) is 2.79. The third-order valence-corrected chi connectivity index (χ3v) is 3.15. The molecule has 0 aliphatic carbocycles. The van der Waals surface area contributed by atoms with E-state index in [0.717, 1.165) is 0 Å². The van der Waals surface area contributed by atoms with Crippen molar-refractivity contribution in [1.82, 2.24) is 14.9 Å². The molecular weight excluding hydrogens is 342 g/mol. The summed E-state index contributed by atoms with van der Waals surface area (Å²) in [6.07, 6.45) is 1.49. The Morgan fingerprint density at radius 1 is 1.52 bits per heavy atom. The van der Waals surface area contributed by atoms with Gasteiger partial charge in [0.25, 0.3) is 11.8 Å². The van der Waals surface area contributed by atoms with Crippen LogP contribution in [0.2, 0.25) is 0 Å². The monoisotopic (exact) mass is 359 g/mol. The van der Waals surface area contributed by atoms with E-state index in [-0.39, 0.29) is 24.0 Å². The van der Waals surface area contributed by atoms with E-state index in [2.05, 4.69) is 25.9 Å². The molecule has 0 saturated carbocycles. The molecule has 1 saturated heterocycles. The Kier molecular flexibility index (Phi) is 4.55. The number of nitrogens with zero attached hydrogens (tertiary/aromatic N) is 3. The van der Waals surface area contributed by atoms with Gasteiger partial charge in [0.2, 0.25) is 0 Å². The topological polar surface area (TPSA) is 84.8 Å². The average molecular weight is 360 g/mol. The third-order valence-electron chi connectivity index (χ3n) is 2.77. The van der Waals surface area contributed by atoms with Gasteiger partial charge in [-0.25, -0.2) is 14.8 Å². The number of hydrogen-bond donors (Lipinski definition) is 1. The summed E-state index contributed by atoms with van der Waals surface area (Å²) in [7, 11) is 0. The number of amides is 1. The molecule has 7 nitrogen and oxygen atoms in total. The Morgan fingerprint density at radius 2 is 2.24 bits per heavy atom. The van der Waals surface area contributed by atoms with Crippen molar-refractivity contribution >= 4 is 22.0 Å². The van der Waals surface area contributed by atoms with E-state index in [1.54, 1.807) is 4.90 Å². The van der Waals surface area contributed by atoms with E-state index >= 15 is 0 Å². The fraction of sp³-hybridized carbons (Fsp3) is 0.615. The van der Waals surface area contributed by atoms with Crippen LogP contribution in [0.15, 0.2) is 10.8 Å². The van der Waals surface area contributed by atoms with Crippen LogP contribution in [0.3, 0.4) is 0 Å². The Hall–Kier alpha value is -1.57. The maximum Gasteiger partial charge on any atom is 0.410 e. The molecule has 1 aliphatic heterocycles. The van der Waals surface area contributed by atoms with Gasteiger partial charge in [-0.2, -0.15) is 0 Å². The molecule has 1 aromatic rings. The number of halogens is 1. The van der Waals surface area contributed by atoms with Crippen LogP contribution in [-0.2, 0) is 4.74 Å². The van der Waals surface area contributed by atoms with Gasteiger partial charge in [-0.15, -0.1) is 0 Å². The predicted octanol–water partition coefficient (Wildman–Crippen LogP) is 2.33. The third kappa shape index (κ3) is 4.45. The minimum absolute atomic E-state index is 0.0641. The first-order valence-electron chi connectivity index (χ1n) is 6.61. The van der Waals surface area contributed by atoms with Gasteiger partial charge < -0.3 is 19.5 Å². The Morgan fingerprint density at radius 3 is 2.86 bits per heavy atom. The van der Waals surface area contributed by atoms with Crippen LogP contribution in [0, 0.1) is 0 Å². The second-order valence-electron chi connectivity index (χ2n) is 5.78. The van der Waals surface area contributed by atoms with E-state index in [1.807, 2.05) is 20.8 Å². The molecular formula is C13H18BrN3O4. The van der Waals surface area contributed by atoms with Gasteiger partial charge in [0.05, 0.1) is 12.7 Å². The molecule has 1 fully saturated rings. The summed E-state index contributed by atoms with van der Waals surface area (Å²) in [5, 5.41) is 9.65. The molecule has 2 heterocycles. The zero-order chi connectivity index (χ0) is 15.6. The molecule has 1 amide bonds. The molecule has 0 bridgehead atoms. The molecule has 1 aromatic heterocycles. The predicted molar refractivity (Wildman–Crippen MR) is 78.2 cm³/mol. The van der Waals surface area contributed by atoms with E-state index in [0.29, 0.717) is 24.1 Å². The number of carbonyl (C=O) groups excluding carboxylic acids is 1. The van der Waals surface area contributed by atoms with Crippen LogP contribution in [0.1, 0.15) is 27.2 Å². The summed E-state index contributed by atoms with van der Waals surface area (Å²) in [6, 6.07) is 0. The second-order valence-corrected chi connectivity index (χ2v) is 6.59. The molecule has 2 rings (SSSR count). The number of rotatable bonds is 2. The summed E-state index contributed by atoms with van der Waals surface area (Å²) in [6.45, 7) is 6.41. The number of aromatic nitrogens is 2. The maximum atomic E-state index is 11.9. The van der Waals surface area contributed by atoms with Crippen molar-refractivity contribution in [3.63, 3.8) is 0 Å². The summed E-state index contributed by atoms with van der Waals surface area (Å²) >= 11 is 3.11. The van der Waals surface area contributed by atoms with Gasteiger partial charge in [0, 0.05) is 13.0 Å². The Bertz CT molecular complexity index is 533. The highest BCUT2D eigenvalue weighted by Gasteiger charge is 2.31. The summed E-state index contributed by atoms with van der Waals surface area (Å²) in [4.78, 5) is 21.3. The van der Waals surface area contributed by atoms with Crippen molar-refractivity contribution in [2.75, 3.05) is 13.1 Å². The van der Waals surface area contributed by atoms with Crippen LogP contribution in [0.5, 0.6) is 11.8 Å². The van der Waals surface area contributed by atoms with Crippen molar-refractivity contribution in [1.29, 1.82) is 0 Å². The highest BCUT2D eigenvalue weighted by Crippen LogP contribution is 2.25. The van der Waals surface area contributed by atoms with Crippen molar-refractivity contribution in [3.05, 3.63) is 10.8 Å². The first-order valence-corrected chi connectivity index (χ1v) is 7.40. The molecule has 1 unspecified atom stereocenters. The van der Waals surface area contributed by atoms with Gasteiger partial charge in [0.15, 0.2) is 0 Å². The fourth-order valence-corrected chi connectivity index (χ4v) is 2.18. The molecule has 0 aromatic carbocycles. The van der Waals surface area contributed by atoms with Gasteiger partial charge in [-0.1, -0.05) is 0 Å². The summed E-state index contributed by atoms with van der Waals surface area (Å²) < 4.78 is 11.3. The molecule has 0 spiro atoms. The second kappa shape index (κ2) is 6.05. The fourth-order valence-electron chi connectivity index (χ4n) is 1.91. The number of ether oxygens (including phenoxy) is 2. The number of carbonyl (C=O) groups is 1. The largest absolute Gasteiger partial charge is 0.489 e. The molecule has 1 N–H and O–H groups in total. The molecule has 116 valence electrons. The van der Waals surface area contributed by atoms with Crippen LogP contribution in [-0.4, -0.2) is 50.9 Å². The lowest BCUT2D eigenvalue weighted by Gasteiger charge is -2.24. The van der Waals surface area contributed by atoms with Gasteiger partial charge in [0.1, 0.15) is 16.3 Å². The minimum Gasteiger partial charge on any atom is -0.489 e. The normalized spacial score (nSPS) is 18.7. The van der Waals surface area contributed by atoms with Crippen LogP contribution < -0.4 is 4.74 Å². The van der Waals surface area contributed by atoms with E-state index in [9.17, 15) is 9.90 Å². The quantitative estimate of drug-likeness (QED) is 0.872. The minimum atomic E-state index is -0.522. The van der Waals surface area contributed by atoms with Gasteiger partial charge >= 0.3 is 6.09 Å². The number of likely N-dealkylation sites (tertiary alicyclic amines) is 1. The Balaban J connectivity index is 1.92. The zero-order valence-corrected chi connectivity index (χ0v) is 13.8. The summed E-state index contributed by atoms with van der Waals surface area (Å²) in [5.74, 6) is -0.214. The van der Waals surface area contributed by atoms with Gasteiger partial charge in [-0.3, -0.25) is 0 Å². The Labute approximate surface area is 131 Å². The van der Waals surface area contributed by atoms with Crippen molar-refractivity contribution in [2.24, 2.45) is 0 Å². The SMILES string of the molecule is CC(C)(C)OC(=O)N1CCC(Oc2ncc(Br)nc2O)C1. The van der Waals surface area contributed by atoms with Crippen molar-refractivity contribution < 1.29 is 19.4 Å². The first-order chi connectivity index (χ1) is 9.74. The highest BCUT2D eigenvalue weighted by atomic mass is 79.9. The lowest BCUT2D eigenvalue weighted by atomic mass is 10.2. The standard InChI is InChI=1S/C13H18BrN3O4/c1-13(2,3)21-12(19)17-5-4-8(7-17)20-11-10(18)16-9(14)6-15-11/h6,8H,4-5,7H2,1-3H3,(H,16,18). The van der Waals surface area contributed by atoms with E-state index in [1.165, 1.54) is 6.20 Å². The van der Waals surface area contributed by atoms with E-state index in [4.69, 9.17) is 9.47 Å². The van der Waals surface area contributed by atoms with E-state index < -0.39 is 5.60 Å². The van der Waals surface area contributed by atoms with Gasteiger partial charge in [-0.05, 0) is 36.7 Å². The molecule has 0 radical (unpaired) electrons. The van der Waals surface area contributed by atoms with Crippen LogP contribution >= 0.6 is 15.9 Å². The molecule has 8 heteroatoms. The first kappa shape index (κ1) is 15.8. The molecule has 1 atom stereocenters.